The van der Waals surface area contributed by atoms with E-state index in [2.05, 4.69) is 5.32 Å². The van der Waals surface area contributed by atoms with Crippen LogP contribution in [-0.4, -0.2) is 35.7 Å². The van der Waals surface area contributed by atoms with Gasteiger partial charge in [0.2, 0.25) is 0 Å². The first-order valence-electron chi connectivity index (χ1n) is 3.71. The zero-order valence-corrected chi connectivity index (χ0v) is 7.36. The monoisotopic (exact) mass is 175 g/mol. The van der Waals surface area contributed by atoms with Gasteiger partial charge in [-0.1, -0.05) is 0 Å². The molecule has 3 nitrogen and oxygen atoms in total. The molecular weight excluding hydrogens is 162 g/mol. The van der Waals surface area contributed by atoms with Crippen LogP contribution in [0.3, 0.4) is 0 Å². The first kappa shape index (κ1) is 8.87. The first-order chi connectivity index (χ1) is 5.25. The highest BCUT2D eigenvalue weighted by Crippen LogP contribution is 2.19. The molecule has 0 radical (unpaired) electrons. The molecule has 2 atom stereocenters. The number of carboxylic acid groups (broad SMARTS) is 1. The van der Waals surface area contributed by atoms with Crippen LogP contribution in [0, 0.1) is 5.92 Å². The maximum atomic E-state index is 10.6. The van der Waals surface area contributed by atoms with Crippen LogP contribution in [0.4, 0.5) is 0 Å². The zero-order valence-electron chi connectivity index (χ0n) is 6.54. The summed E-state index contributed by atoms with van der Waals surface area (Å²) >= 11 is 1.72. The van der Waals surface area contributed by atoms with Crippen LogP contribution in [0.15, 0.2) is 0 Å². The van der Waals surface area contributed by atoms with Crippen LogP contribution >= 0.6 is 11.8 Å². The molecule has 2 N–H and O–H groups in total. The van der Waals surface area contributed by atoms with Gasteiger partial charge in [-0.05, 0) is 30.9 Å². The Morgan fingerprint density at radius 3 is 3.09 bits per heavy atom. The van der Waals surface area contributed by atoms with Gasteiger partial charge in [0.25, 0.3) is 0 Å². The van der Waals surface area contributed by atoms with E-state index in [1.165, 1.54) is 0 Å². The number of carbonyl (C=O) groups is 1. The predicted octanol–water partition coefficient (Wildman–Crippen LogP) is 0.412. The number of nitrogens with one attached hydrogen (secondary N) is 1. The summed E-state index contributed by atoms with van der Waals surface area (Å²) in [5.74, 6) is 0.563. The largest absolute Gasteiger partial charge is 0.480 e. The van der Waals surface area contributed by atoms with E-state index >= 15 is 0 Å². The summed E-state index contributed by atoms with van der Waals surface area (Å²) in [6, 6.07) is -0.303. The van der Waals surface area contributed by atoms with E-state index in [-0.39, 0.29) is 6.04 Å². The standard InChI is InChI=1S/C7H13NO2S/c1-11-4-5-2-3-8-6(5)7(9)10/h5-6,8H,2-4H2,1H3,(H,9,10)/t5?,6-/m0/s1. The van der Waals surface area contributed by atoms with Crippen molar-refractivity contribution >= 4 is 17.7 Å². The van der Waals surface area contributed by atoms with Gasteiger partial charge >= 0.3 is 5.97 Å². The van der Waals surface area contributed by atoms with E-state index in [1.54, 1.807) is 11.8 Å². The van der Waals surface area contributed by atoms with Crippen molar-refractivity contribution in [1.82, 2.24) is 5.32 Å². The highest BCUT2D eigenvalue weighted by Gasteiger charge is 2.31. The van der Waals surface area contributed by atoms with Gasteiger partial charge in [0.15, 0.2) is 0 Å². The first-order valence-corrected chi connectivity index (χ1v) is 5.10. The van der Waals surface area contributed by atoms with Crippen LogP contribution in [0.1, 0.15) is 6.42 Å². The van der Waals surface area contributed by atoms with Crippen LogP contribution in [0.5, 0.6) is 0 Å². The Kier molecular flexibility index (Phi) is 3.20. The molecule has 1 unspecified atom stereocenters. The summed E-state index contributed by atoms with van der Waals surface area (Å²) in [7, 11) is 0. The molecule has 1 saturated heterocycles. The van der Waals surface area contributed by atoms with Crippen molar-refractivity contribution in [2.75, 3.05) is 18.6 Å². The zero-order chi connectivity index (χ0) is 8.27. The van der Waals surface area contributed by atoms with Gasteiger partial charge < -0.3 is 10.4 Å². The summed E-state index contributed by atoms with van der Waals surface area (Å²) in [5, 5.41) is 11.7. The molecule has 0 aromatic heterocycles. The molecule has 64 valence electrons. The molecule has 0 spiro atoms. The fourth-order valence-corrected chi connectivity index (χ4v) is 2.23. The van der Waals surface area contributed by atoms with Crippen molar-refractivity contribution in [2.45, 2.75) is 12.5 Å². The Morgan fingerprint density at radius 2 is 2.55 bits per heavy atom. The second-order valence-electron chi connectivity index (χ2n) is 2.77. The summed E-state index contributed by atoms with van der Waals surface area (Å²) < 4.78 is 0. The summed E-state index contributed by atoms with van der Waals surface area (Å²) in [6.07, 6.45) is 3.01. The smallest absolute Gasteiger partial charge is 0.321 e. The van der Waals surface area contributed by atoms with Crippen molar-refractivity contribution in [1.29, 1.82) is 0 Å². The third-order valence-electron chi connectivity index (χ3n) is 2.00. The summed E-state index contributed by atoms with van der Waals surface area (Å²) in [5.41, 5.74) is 0. The van der Waals surface area contributed by atoms with Crippen LogP contribution in [0.2, 0.25) is 0 Å². The maximum absolute atomic E-state index is 10.6. The van der Waals surface area contributed by atoms with E-state index in [1.807, 2.05) is 6.26 Å². The van der Waals surface area contributed by atoms with Gasteiger partial charge in [0.1, 0.15) is 6.04 Å². The molecule has 1 rings (SSSR count). The normalized spacial score (nSPS) is 30.6. The minimum absolute atomic E-state index is 0.303. The van der Waals surface area contributed by atoms with Crippen molar-refractivity contribution in [2.24, 2.45) is 5.92 Å². The van der Waals surface area contributed by atoms with Crippen LogP contribution in [0.25, 0.3) is 0 Å². The van der Waals surface area contributed by atoms with Crippen molar-refractivity contribution < 1.29 is 9.90 Å². The van der Waals surface area contributed by atoms with E-state index in [0.29, 0.717) is 5.92 Å². The lowest BCUT2D eigenvalue weighted by Crippen LogP contribution is -2.36. The third-order valence-corrected chi connectivity index (χ3v) is 2.76. The van der Waals surface area contributed by atoms with Gasteiger partial charge in [-0.15, -0.1) is 0 Å². The fourth-order valence-electron chi connectivity index (χ4n) is 1.44. The highest BCUT2D eigenvalue weighted by atomic mass is 32.2. The molecule has 4 heteroatoms. The average molecular weight is 175 g/mol. The molecule has 0 aromatic rings. The predicted molar refractivity (Wildman–Crippen MR) is 45.9 cm³/mol. The van der Waals surface area contributed by atoms with Gasteiger partial charge in [0.05, 0.1) is 0 Å². The minimum Gasteiger partial charge on any atom is -0.480 e. The molecule has 0 aromatic carbocycles. The van der Waals surface area contributed by atoms with Crippen LogP contribution < -0.4 is 5.32 Å². The number of carboxylic acids is 1. The Morgan fingerprint density at radius 1 is 1.82 bits per heavy atom. The van der Waals surface area contributed by atoms with Crippen molar-refractivity contribution in [3.8, 4) is 0 Å². The van der Waals surface area contributed by atoms with Crippen molar-refractivity contribution in [3.63, 3.8) is 0 Å². The second kappa shape index (κ2) is 3.97. The fraction of sp³-hybridized carbons (Fsp3) is 0.857. The maximum Gasteiger partial charge on any atom is 0.321 e. The Bertz CT molecular complexity index is 151. The topological polar surface area (TPSA) is 49.3 Å². The molecule has 1 aliphatic rings. The molecule has 11 heavy (non-hydrogen) atoms. The quantitative estimate of drug-likeness (QED) is 0.652. The highest BCUT2D eigenvalue weighted by molar-refractivity contribution is 7.98. The van der Waals surface area contributed by atoms with E-state index in [0.717, 1.165) is 18.7 Å². The van der Waals surface area contributed by atoms with Gasteiger partial charge in [-0.25, -0.2) is 0 Å². The molecule has 0 bridgehead atoms. The molecule has 1 aliphatic heterocycles. The summed E-state index contributed by atoms with van der Waals surface area (Å²) in [6.45, 7) is 0.849. The van der Waals surface area contributed by atoms with Gasteiger partial charge in [-0.2, -0.15) is 11.8 Å². The molecule has 1 heterocycles. The number of aliphatic carboxylic acids is 1. The number of hydrogen-bond donors (Lipinski definition) is 2. The van der Waals surface area contributed by atoms with E-state index in [4.69, 9.17) is 5.11 Å². The number of hydrogen-bond acceptors (Lipinski definition) is 3. The molecular formula is C7H13NO2S. The molecule has 1 fully saturated rings. The van der Waals surface area contributed by atoms with E-state index in [9.17, 15) is 4.79 Å². The number of rotatable bonds is 3. The second-order valence-corrected chi connectivity index (χ2v) is 3.68. The minimum atomic E-state index is -0.707. The lowest BCUT2D eigenvalue weighted by molar-refractivity contribution is -0.139. The Balaban J connectivity index is 2.44. The van der Waals surface area contributed by atoms with Crippen LogP contribution in [-0.2, 0) is 4.79 Å². The SMILES string of the molecule is CSCC1CCN[C@@H]1C(=O)O. The van der Waals surface area contributed by atoms with Crippen molar-refractivity contribution in [3.05, 3.63) is 0 Å². The van der Waals surface area contributed by atoms with Gasteiger partial charge in [0, 0.05) is 0 Å². The summed E-state index contributed by atoms with van der Waals surface area (Å²) in [4.78, 5) is 10.6. The molecule has 0 aliphatic carbocycles. The lowest BCUT2D eigenvalue weighted by Gasteiger charge is -2.12. The third kappa shape index (κ3) is 2.10. The Hall–Kier alpha value is -0.220. The number of thioether (sulfide) groups is 1. The average Bonchev–Trinajstić information content (AvgIpc) is 2.36. The molecule has 0 saturated carbocycles. The van der Waals surface area contributed by atoms with E-state index < -0.39 is 5.97 Å². The lowest BCUT2D eigenvalue weighted by atomic mass is 10.0. The Labute approximate surface area is 70.6 Å². The molecule has 0 amide bonds. The van der Waals surface area contributed by atoms with Gasteiger partial charge in [-0.3, -0.25) is 4.79 Å².